The summed E-state index contributed by atoms with van der Waals surface area (Å²) in [5.41, 5.74) is 5.63. The molecule has 0 aliphatic carbocycles. The number of hydrogen-bond acceptors (Lipinski definition) is 6. The number of aromatic nitrogens is 3. The number of anilines is 1. The van der Waals surface area contributed by atoms with Crippen molar-refractivity contribution in [3.05, 3.63) is 42.5 Å². The van der Waals surface area contributed by atoms with Gasteiger partial charge in [-0.25, -0.2) is 0 Å². The number of nitrogens with zero attached hydrogens (tertiary/aromatic N) is 3. The third-order valence-electron chi connectivity index (χ3n) is 2.84. The Labute approximate surface area is 121 Å². The fraction of sp³-hybridized carbons (Fsp3) is 0.133. The lowest BCUT2D eigenvalue weighted by Crippen LogP contribution is -2.04. The number of nitrogen functional groups attached to an aromatic ring is 1. The van der Waals surface area contributed by atoms with E-state index in [1.807, 2.05) is 49.4 Å². The van der Waals surface area contributed by atoms with Gasteiger partial charge in [-0.1, -0.05) is 36.4 Å². The van der Waals surface area contributed by atoms with Gasteiger partial charge in [-0.05, 0) is 18.4 Å². The largest absolute Gasteiger partial charge is 0.464 e. The molecule has 0 bridgehead atoms. The predicted octanol–water partition coefficient (Wildman–Crippen LogP) is 2.80. The minimum atomic E-state index is 0.0590. The van der Waals surface area contributed by atoms with Gasteiger partial charge < -0.3 is 15.2 Å². The highest BCUT2D eigenvalue weighted by molar-refractivity contribution is 5.88. The van der Waals surface area contributed by atoms with E-state index in [1.54, 1.807) is 0 Å². The minimum Gasteiger partial charge on any atom is -0.464 e. The first-order valence-corrected chi connectivity index (χ1v) is 6.56. The molecule has 1 aromatic heterocycles. The second-order valence-corrected chi connectivity index (χ2v) is 4.27. The zero-order valence-electron chi connectivity index (χ0n) is 11.5. The lowest BCUT2D eigenvalue weighted by molar-refractivity contribution is 0.304. The Morgan fingerprint density at radius 2 is 1.71 bits per heavy atom. The average Bonchev–Trinajstić information content (AvgIpc) is 2.47. The highest BCUT2D eigenvalue weighted by Crippen LogP contribution is 2.28. The number of fused-ring (bicyclic) bond motifs is 1. The highest BCUT2D eigenvalue weighted by atomic mass is 16.5. The third-order valence-corrected chi connectivity index (χ3v) is 2.84. The van der Waals surface area contributed by atoms with Crippen molar-refractivity contribution >= 4 is 16.7 Å². The Balaban J connectivity index is 1.98. The van der Waals surface area contributed by atoms with Gasteiger partial charge in [0.25, 0.3) is 0 Å². The number of hydrogen-bond donors (Lipinski definition) is 1. The van der Waals surface area contributed by atoms with E-state index in [0.29, 0.717) is 12.4 Å². The molecule has 2 aromatic carbocycles. The molecule has 6 nitrogen and oxygen atoms in total. The van der Waals surface area contributed by atoms with E-state index in [4.69, 9.17) is 15.2 Å². The third kappa shape index (κ3) is 2.84. The van der Waals surface area contributed by atoms with Crippen LogP contribution in [0.2, 0.25) is 0 Å². The van der Waals surface area contributed by atoms with Gasteiger partial charge in [0.05, 0.1) is 6.61 Å². The maximum atomic E-state index is 5.74. The Morgan fingerprint density at radius 3 is 2.57 bits per heavy atom. The molecule has 6 heteroatoms. The van der Waals surface area contributed by atoms with Gasteiger partial charge in [-0.2, -0.15) is 9.97 Å². The maximum Gasteiger partial charge on any atom is 0.330 e. The molecule has 0 radical (unpaired) electrons. The summed E-state index contributed by atoms with van der Waals surface area (Å²) in [6, 6.07) is 13.9. The van der Waals surface area contributed by atoms with E-state index in [0.717, 1.165) is 10.8 Å². The first-order valence-electron chi connectivity index (χ1n) is 6.56. The summed E-state index contributed by atoms with van der Waals surface area (Å²) in [7, 11) is 0. The van der Waals surface area contributed by atoms with Crippen LogP contribution < -0.4 is 15.2 Å². The van der Waals surface area contributed by atoms with Crippen LogP contribution in [0.3, 0.4) is 0 Å². The van der Waals surface area contributed by atoms with Crippen molar-refractivity contribution in [1.29, 1.82) is 0 Å². The molecule has 0 spiro atoms. The van der Waals surface area contributed by atoms with Crippen LogP contribution in [0.25, 0.3) is 10.8 Å². The molecule has 0 atom stereocenters. The molecule has 2 N–H and O–H groups in total. The van der Waals surface area contributed by atoms with Crippen molar-refractivity contribution < 1.29 is 9.47 Å². The van der Waals surface area contributed by atoms with E-state index in [-0.39, 0.29) is 18.0 Å². The highest BCUT2D eigenvalue weighted by Gasteiger charge is 2.09. The zero-order valence-corrected chi connectivity index (χ0v) is 11.5. The molecule has 0 saturated heterocycles. The number of ether oxygens (including phenoxy) is 2. The first kappa shape index (κ1) is 13.1. The van der Waals surface area contributed by atoms with Gasteiger partial charge in [-0.3, -0.25) is 0 Å². The lowest BCUT2D eigenvalue weighted by atomic mass is 10.1. The number of rotatable bonds is 4. The molecule has 3 aromatic rings. The fourth-order valence-electron chi connectivity index (χ4n) is 1.98. The fourth-order valence-corrected chi connectivity index (χ4v) is 1.98. The Morgan fingerprint density at radius 1 is 0.952 bits per heavy atom. The van der Waals surface area contributed by atoms with Crippen LogP contribution in [0.4, 0.5) is 5.95 Å². The van der Waals surface area contributed by atoms with Crippen molar-refractivity contribution in [2.45, 2.75) is 6.92 Å². The van der Waals surface area contributed by atoms with Crippen molar-refractivity contribution in [2.75, 3.05) is 12.3 Å². The van der Waals surface area contributed by atoms with Crippen LogP contribution in [0.15, 0.2) is 42.5 Å². The Kier molecular flexibility index (Phi) is 3.51. The zero-order chi connectivity index (χ0) is 14.7. The molecule has 106 valence electrons. The Bertz CT molecular complexity index is 771. The molecule has 0 amide bonds. The van der Waals surface area contributed by atoms with Gasteiger partial charge in [0.15, 0.2) is 0 Å². The monoisotopic (exact) mass is 282 g/mol. The minimum absolute atomic E-state index is 0.0590. The molecule has 0 unspecified atom stereocenters. The van der Waals surface area contributed by atoms with Gasteiger partial charge in [-0.15, -0.1) is 4.98 Å². The first-order chi connectivity index (χ1) is 10.3. The number of nitrogens with two attached hydrogens (primary N) is 1. The maximum absolute atomic E-state index is 5.74. The van der Waals surface area contributed by atoms with Crippen molar-refractivity contribution in [3.63, 3.8) is 0 Å². The molecule has 0 aliphatic heterocycles. The van der Waals surface area contributed by atoms with E-state index in [9.17, 15) is 0 Å². The Hall–Kier alpha value is -2.89. The van der Waals surface area contributed by atoms with E-state index in [2.05, 4.69) is 15.0 Å². The standard InChI is InChI=1S/C15H14N4O2/c1-2-20-14-17-13(16)18-15(19-14)21-12-9-5-7-10-6-3-4-8-11(10)12/h3-9H,2H2,1H3,(H2,16,17,18,19). The summed E-state index contributed by atoms with van der Waals surface area (Å²) in [5, 5.41) is 2.04. The summed E-state index contributed by atoms with van der Waals surface area (Å²) in [5.74, 6) is 0.713. The molecule has 1 heterocycles. The van der Waals surface area contributed by atoms with Gasteiger partial charge in [0, 0.05) is 5.39 Å². The summed E-state index contributed by atoms with van der Waals surface area (Å²) >= 11 is 0. The van der Waals surface area contributed by atoms with E-state index < -0.39 is 0 Å². The molecule has 21 heavy (non-hydrogen) atoms. The predicted molar refractivity (Wildman–Crippen MR) is 79.4 cm³/mol. The number of benzene rings is 2. The van der Waals surface area contributed by atoms with Crippen LogP contribution in [-0.4, -0.2) is 21.6 Å². The van der Waals surface area contributed by atoms with Crippen LogP contribution in [-0.2, 0) is 0 Å². The van der Waals surface area contributed by atoms with E-state index >= 15 is 0 Å². The average molecular weight is 282 g/mol. The van der Waals surface area contributed by atoms with Crippen LogP contribution in [0.1, 0.15) is 6.92 Å². The molecular weight excluding hydrogens is 268 g/mol. The lowest BCUT2D eigenvalue weighted by Gasteiger charge is -2.08. The van der Waals surface area contributed by atoms with Gasteiger partial charge in [0.2, 0.25) is 5.95 Å². The van der Waals surface area contributed by atoms with Gasteiger partial charge in [0.1, 0.15) is 5.75 Å². The van der Waals surface area contributed by atoms with Crippen LogP contribution in [0.5, 0.6) is 17.8 Å². The molecule has 0 aliphatic rings. The molecule has 0 saturated carbocycles. The summed E-state index contributed by atoms with van der Waals surface area (Å²) < 4.78 is 11.0. The smallest absolute Gasteiger partial charge is 0.330 e. The SMILES string of the molecule is CCOc1nc(N)nc(Oc2cccc3ccccc23)n1. The van der Waals surface area contributed by atoms with Crippen molar-refractivity contribution in [2.24, 2.45) is 0 Å². The second kappa shape index (κ2) is 5.62. The normalized spacial score (nSPS) is 10.5. The summed E-state index contributed by atoms with van der Waals surface area (Å²) in [6.07, 6.45) is 0. The molecule has 0 fully saturated rings. The van der Waals surface area contributed by atoms with Crippen molar-refractivity contribution in [1.82, 2.24) is 15.0 Å². The van der Waals surface area contributed by atoms with Crippen LogP contribution in [0, 0.1) is 0 Å². The van der Waals surface area contributed by atoms with E-state index in [1.165, 1.54) is 0 Å². The second-order valence-electron chi connectivity index (χ2n) is 4.27. The topological polar surface area (TPSA) is 83.2 Å². The van der Waals surface area contributed by atoms with Gasteiger partial charge >= 0.3 is 12.0 Å². The van der Waals surface area contributed by atoms with Crippen molar-refractivity contribution in [3.8, 4) is 17.8 Å². The molecular formula is C15H14N4O2. The summed E-state index contributed by atoms with van der Waals surface area (Å²) in [4.78, 5) is 11.9. The summed E-state index contributed by atoms with van der Waals surface area (Å²) in [6.45, 7) is 2.28. The van der Waals surface area contributed by atoms with Crippen LogP contribution >= 0.6 is 0 Å². The molecule has 3 rings (SSSR count). The quantitative estimate of drug-likeness (QED) is 0.792.